The molecule has 0 aromatic heterocycles. The maximum absolute atomic E-state index is 13.7. The van der Waals surface area contributed by atoms with Gasteiger partial charge in [0.15, 0.2) is 5.54 Å². The number of benzene rings is 2. The van der Waals surface area contributed by atoms with Crippen molar-refractivity contribution in [2.45, 2.75) is 38.1 Å². The lowest BCUT2D eigenvalue weighted by atomic mass is 9.83. The fourth-order valence-corrected chi connectivity index (χ4v) is 4.25. The number of amides is 4. The molecule has 31 heavy (non-hydrogen) atoms. The van der Waals surface area contributed by atoms with E-state index in [4.69, 9.17) is 0 Å². The van der Waals surface area contributed by atoms with Crippen LogP contribution in [-0.2, 0) is 21.5 Å². The second-order valence-electron chi connectivity index (χ2n) is 8.54. The van der Waals surface area contributed by atoms with E-state index >= 15 is 0 Å². The zero-order valence-corrected chi connectivity index (χ0v) is 17.9. The van der Waals surface area contributed by atoms with Gasteiger partial charge in [0.2, 0.25) is 5.91 Å². The molecule has 1 saturated heterocycles. The molecule has 2 fully saturated rings. The van der Waals surface area contributed by atoms with E-state index in [0.29, 0.717) is 25.4 Å². The van der Waals surface area contributed by atoms with Gasteiger partial charge in [0, 0.05) is 19.5 Å². The van der Waals surface area contributed by atoms with Crippen LogP contribution in [0.1, 0.15) is 37.3 Å². The molecule has 2 aromatic rings. The molecule has 4 rings (SSSR count). The molecular weight excluding hydrogens is 390 g/mol. The molecule has 1 saturated carbocycles. The first-order valence-corrected chi connectivity index (χ1v) is 11.0. The van der Waals surface area contributed by atoms with Gasteiger partial charge in [0.25, 0.3) is 5.91 Å². The van der Waals surface area contributed by atoms with Crippen LogP contribution in [-0.4, -0.2) is 47.3 Å². The first kappa shape index (κ1) is 21.1. The molecule has 162 valence electrons. The third kappa shape index (κ3) is 4.48. The second kappa shape index (κ2) is 8.92. The Labute approximate surface area is 183 Å². The van der Waals surface area contributed by atoms with Crippen molar-refractivity contribution in [2.75, 3.05) is 19.6 Å². The Hall–Kier alpha value is -3.15. The van der Waals surface area contributed by atoms with E-state index < -0.39 is 11.6 Å². The van der Waals surface area contributed by atoms with Gasteiger partial charge in [-0.2, -0.15) is 0 Å². The summed E-state index contributed by atoms with van der Waals surface area (Å²) in [5.74, 6) is 0.0182. The minimum Gasteiger partial charge on any atom is -0.341 e. The Morgan fingerprint density at radius 2 is 1.71 bits per heavy atom. The second-order valence-corrected chi connectivity index (χ2v) is 8.54. The van der Waals surface area contributed by atoms with E-state index in [0.717, 1.165) is 35.3 Å². The van der Waals surface area contributed by atoms with E-state index in [1.165, 1.54) is 0 Å². The highest BCUT2D eigenvalue weighted by Crippen LogP contribution is 2.33. The van der Waals surface area contributed by atoms with Crippen molar-refractivity contribution in [1.29, 1.82) is 0 Å². The van der Waals surface area contributed by atoms with Crippen molar-refractivity contribution in [2.24, 2.45) is 5.92 Å². The third-order valence-corrected chi connectivity index (χ3v) is 6.07. The van der Waals surface area contributed by atoms with Gasteiger partial charge in [-0.25, -0.2) is 4.79 Å². The SMILES string of the molecule is CCCN(CC1CC1)C(=O)CN1C(=O)N[C@@](Cc2ccccc2)(c2ccccc2)C1=O. The Kier molecular flexibility index (Phi) is 6.07. The van der Waals surface area contributed by atoms with Crippen molar-refractivity contribution < 1.29 is 14.4 Å². The molecule has 1 atom stereocenters. The summed E-state index contributed by atoms with van der Waals surface area (Å²) in [6.45, 7) is 3.17. The standard InChI is InChI=1S/C25H29N3O3/c1-2-15-27(17-20-13-14-20)22(29)18-28-23(30)25(26-24(28)31,21-11-7-4-8-12-21)16-19-9-5-3-6-10-19/h3-12,20H,2,13-18H2,1H3,(H,26,31)/t25-/m0/s1. The summed E-state index contributed by atoms with van der Waals surface area (Å²) in [6.07, 6.45) is 3.46. The Morgan fingerprint density at radius 3 is 2.32 bits per heavy atom. The van der Waals surface area contributed by atoms with E-state index in [1.54, 1.807) is 4.90 Å². The first-order valence-electron chi connectivity index (χ1n) is 11.0. The van der Waals surface area contributed by atoms with Gasteiger partial charge in [-0.1, -0.05) is 67.6 Å². The summed E-state index contributed by atoms with van der Waals surface area (Å²) in [6, 6.07) is 18.4. The highest BCUT2D eigenvalue weighted by molar-refractivity contribution is 6.09. The van der Waals surface area contributed by atoms with E-state index in [2.05, 4.69) is 5.32 Å². The summed E-state index contributed by atoms with van der Waals surface area (Å²) in [4.78, 5) is 42.5. The average Bonchev–Trinajstić information content (AvgIpc) is 3.57. The van der Waals surface area contributed by atoms with Crippen LogP contribution in [0.4, 0.5) is 4.79 Å². The van der Waals surface area contributed by atoms with Crippen LogP contribution < -0.4 is 5.32 Å². The Balaban J connectivity index is 1.60. The fraction of sp³-hybridized carbons (Fsp3) is 0.400. The Bertz CT molecular complexity index is 943. The van der Waals surface area contributed by atoms with Gasteiger partial charge in [0.05, 0.1) is 0 Å². The summed E-state index contributed by atoms with van der Waals surface area (Å²) in [5, 5.41) is 2.93. The number of imide groups is 1. The molecule has 1 aliphatic heterocycles. The minimum atomic E-state index is -1.22. The molecule has 0 spiro atoms. The number of rotatable bonds is 9. The van der Waals surface area contributed by atoms with E-state index in [-0.39, 0.29) is 18.4 Å². The van der Waals surface area contributed by atoms with Crippen molar-refractivity contribution in [3.63, 3.8) is 0 Å². The lowest BCUT2D eigenvalue weighted by molar-refractivity contribution is -0.139. The van der Waals surface area contributed by atoms with Crippen molar-refractivity contribution >= 4 is 17.8 Å². The van der Waals surface area contributed by atoms with Crippen LogP contribution in [0.5, 0.6) is 0 Å². The topological polar surface area (TPSA) is 69.7 Å². The largest absolute Gasteiger partial charge is 0.341 e. The molecular formula is C25H29N3O3. The molecule has 6 nitrogen and oxygen atoms in total. The number of carbonyl (C=O) groups excluding carboxylic acids is 3. The predicted molar refractivity (Wildman–Crippen MR) is 118 cm³/mol. The van der Waals surface area contributed by atoms with Crippen molar-refractivity contribution in [3.05, 3.63) is 71.8 Å². The van der Waals surface area contributed by atoms with Crippen molar-refractivity contribution in [1.82, 2.24) is 15.1 Å². The highest BCUT2D eigenvalue weighted by atomic mass is 16.2. The number of hydrogen-bond acceptors (Lipinski definition) is 3. The normalized spacial score (nSPS) is 20.6. The number of nitrogens with one attached hydrogen (secondary N) is 1. The number of nitrogens with zero attached hydrogens (tertiary/aromatic N) is 2. The van der Waals surface area contributed by atoms with Crippen molar-refractivity contribution in [3.8, 4) is 0 Å². The smallest absolute Gasteiger partial charge is 0.325 e. The first-order chi connectivity index (χ1) is 15.0. The van der Waals surface area contributed by atoms with Gasteiger partial charge in [0.1, 0.15) is 6.54 Å². The number of urea groups is 1. The molecule has 2 aromatic carbocycles. The molecule has 0 radical (unpaired) electrons. The van der Waals surface area contributed by atoms with Crippen LogP contribution in [0.3, 0.4) is 0 Å². The van der Waals surface area contributed by atoms with E-state index in [9.17, 15) is 14.4 Å². The number of carbonyl (C=O) groups is 3. The predicted octanol–water partition coefficient (Wildman–Crippen LogP) is 3.33. The minimum absolute atomic E-state index is 0.166. The summed E-state index contributed by atoms with van der Waals surface area (Å²) >= 11 is 0. The molecule has 1 heterocycles. The lowest BCUT2D eigenvalue weighted by Crippen LogP contribution is -2.47. The molecule has 6 heteroatoms. The molecule has 0 unspecified atom stereocenters. The molecule has 0 bridgehead atoms. The monoisotopic (exact) mass is 419 g/mol. The van der Waals surface area contributed by atoms with Crippen LogP contribution in [0, 0.1) is 5.92 Å². The summed E-state index contributed by atoms with van der Waals surface area (Å²) in [7, 11) is 0. The summed E-state index contributed by atoms with van der Waals surface area (Å²) in [5.41, 5.74) is 0.441. The van der Waals surface area contributed by atoms with Gasteiger partial charge in [-0.05, 0) is 36.3 Å². The van der Waals surface area contributed by atoms with E-state index in [1.807, 2.05) is 67.6 Å². The number of hydrogen-bond donors (Lipinski definition) is 1. The van der Waals surface area contributed by atoms with Gasteiger partial charge in [-0.15, -0.1) is 0 Å². The third-order valence-electron chi connectivity index (χ3n) is 6.07. The molecule has 1 aliphatic carbocycles. The quantitative estimate of drug-likeness (QED) is 0.634. The Morgan fingerprint density at radius 1 is 1.06 bits per heavy atom. The fourth-order valence-electron chi connectivity index (χ4n) is 4.25. The molecule has 4 amide bonds. The van der Waals surface area contributed by atoms with Crippen LogP contribution in [0.25, 0.3) is 0 Å². The van der Waals surface area contributed by atoms with Crippen LogP contribution in [0.15, 0.2) is 60.7 Å². The van der Waals surface area contributed by atoms with Crippen LogP contribution >= 0.6 is 0 Å². The molecule has 2 aliphatic rings. The summed E-state index contributed by atoms with van der Waals surface area (Å²) < 4.78 is 0. The van der Waals surface area contributed by atoms with Crippen LogP contribution in [0.2, 0.25) is 0 Å². The lowest BCUT2D eigenvalue weighted by Gasteiger charge is -2.28. The van der Waals surface area contributed by atoms with Gasteiger partial charge < -0.3 is 10.2 Å². The zero-order valence-electron chi connectivity index (χ0n) is 17.9. The maximum atomic E-state index is 13.7. The highest BCUT2D eigenvalue weighted by Gasteiger charge is 2.53. The maximum Gasteiger partial charge on any atom is 0.325 e. The zero-order chi connectivity index (χ0) is 21.8. The van der Waals surface area contributed by atoms with Gasteiger partial charge in [-0.3, -0.25) is 14.5 Å². The molecule has 1 N–H and O–H groups in total. The van der Waals surface area contributed by atoms with Gasteiger partial charge >= 0.3 is 6.03 Å². The average molecular weight is 420 g/mol.